The highest BCUT2D eigenvalue weighted by Gasteiger charge is 2.11. The second-order valence-electron chi connectivity index (χ2n) is 4.17. The fourth-order valence-electron chi connectivity index (χ4n) is 1.71. The smallest absolute Gasteiger partial charge is 0.271 e. The number of hydrogen-bond donors (Lipinski definition) is 2. The van der Waals surface area contributed by atoms with Gasteiger partial charge in [-0.3, -0.25) is 10.1 Å². The van der Waals surface area contributed by atoms with Gasteiger partial charge in [-0.25, -0.2) is 0 Å². The molecule has 5 nitrogen and oxygen atoms in total. The summed E-state index contributed by atoms with van der Waals surface area (Å²) in [6.07, 6.45) is 0. The van der Waals surface area contributed by atoms with E-state index in [1.165, 1.54) is 18.2 Å². The van der Waals surface area contributed by atoms with Crippen LogP contribution in [-0.4, -0.2) is 10.0 Å². The maximum Gasteiger partial charge on any atom is 0.271 e. The fourth-order valence-corrected chi connectivity index (χ4v) is 2.63. The molecule has 0 aliphatic rings. The maximum absolute atomic E-state index is 10.8. The first-order valence-corrected chi connectivity index (χ1v) is 7.28. The summed E-state index contributed by atoms with van der Waals surface area (Å²) in [5.74, 6) is -0.0740. The summed E-state index contributed by atoms with van der Waals surface area (Å²) < 4.78 is 0.667. The molecule has 2 aromatic carbocycles. The number of hydrogen-bond acceptors (Lipinski definition) is 4. The highest BCUT2D eigenvalue weighted by molar-refractivity contribution is 9.10. The number of rotatable bonds is 4. The molecule has 0 aromatic heterocycles. The van der Waals surface area contributed by atoms with Crippen LogP contribution in [0.15, 0.2) is 34.8 Å². The first kappa shape index (κ1) is 15.9. The number of aromatic hydroxyl groups is 1. The van der Waals surface area contributed by atoms with Gasteiger partial charge in [-0.15, -0.1) is 0 Å². The molecule has 0 spiro atoms. The third-order valence-electron chi connectivity index (χ3n) is 2.74. The Bertz CT molecular complexity index is 710. The Labute approximate surface area is 138 Å². The molecule has 8 heteroatoms. The first-order chi connectivity index (χ1) is 9.88. The Morgan fingerprint density at radius 3 is 2.67 bits per heavy atom. The monoisotopic (exact) mass is 390 g/mol. The maximum atomic E-state index is 10.8. The third-order valence-corrected chi connectivity index (χ3v) is 3.94. The van der Waals surface area contributed by atoms with Crippen molar-refractivity contribution in [1.82, 2.24) is 0 Å². The van der Waals surface area contributed by atoms with Crippen molar-refractivity contribution in [3.8, 4) is 5.75 Å². The lowest BCUT2D eigenvalue weighted by molar-refractivity contribution is -0.384. The standard InChI is InChI=1S/C13H9BrCl2N2O3/c14-10-2-1-9(18(20)21)5-12(10)17-6-7-3-8(15)4-11(16)13(7)19/h1-5,17,19H,6H2. The zero-order chi connectivity index (χ0) is 15.6. The van der Waals surface area contributed by atoms with Gasteiger partial charge in [0.2, 0.25) is 0 Å². The molecular formula is C13H9BrCl2N2O3. The van der Waals surface area contributed by atoms with Crippen LogP contribution in [0.1, 0.15) is 5.56 Å². The van der Waals surface area contributed by atoms with E-state index in [0.717, 1.165) is 0 Å². The van der Waals surface area contributed by atoms with Crippen molar-refractivity contribution < 1.29 is 10.0 Å². The van der Waals surface area contributed by atoms with Crippen molar-refractivity contribution in [3.05, 3.63) is 60.5 Å². The van der Waals surface area contributed by atoms with Gasteiger partial charge in [-0.05, 0) is 34.1 Å². The summed E-state index contributed by atoms with van der Waals surface area (Å²) in [6, 6.07) is 7.37. The molecule has 0 amide bonds. The second-order valence-corrected chi connectivity index (χ2v) is 5.87. The van der Waals surface area contributed by atoms with Gasteiger partial charge in [0.1, 0.15) is 5.75 Å². The van der Waals surface area contributed by atoms with Crippen LogP contribution in [0.25, 0.3) is 0 Å². The van der Waals surface area contributed by atoms with Crippen LogP contribution in [0.3, 0.4) is 0 Å². The number of phenols is 1. The molecule has 0 heterocycles. The molecule has 0 bridgehead atoms. The summed E-state index contributed by atoms with van der Waals surface area (Å²) in [7, 11) is 0. The molecule has 0 radical (unpaired) electrons. The summed E-state index contributed by atoms with van der Waals surface area (Å²) in [5.41, 5.74) is 0.986. The van der Waals surface area contributed by atoms with Crippen molar-refractivity contribution in [2.75, 3.05) is 5.32 Å². The minimum atomic E-state index is -0.481. The fraction of sp³-hybridized carbons (Fsp3) is 0.0769. The van der Waals surface area contributed by atoms with E-state index in [-0.39, 0.29) is 23.0 Å². The molecule has 0 unspecified atom stereocenters. The normalized spacial score (nSPS) is 10.4. The van der Waals surface area contributed by atoms with Crippen LogP contribution in [0.2, 0.25) is 10.0 Å². The Morgan fingerprint density at radius 1 is 1.29 bits per heavy atom. The number of anilines is 1. The van der Waals surface area contributed by atoms with E-state index in [1.807, 2.05) is 0 Å². The Morgan fingerprint density at radius 2 is 2.00 bits per heavy atom. The molecule has 0 saturated carbocycles. The Kier molecular flexibility index (Phi) is 4.92. The van der Waals surface area contributed by atoms with Crippen molar-refractivity contribution in [3.63, 3.8) is 0 Å². The molecule has 110 valence electrons. The lowest BCUT2D eigenvalue weighted by Crippen LogP contribution is -2.01. The molecule has 0 fully saturated rings. The minimum Gasteiger partial charge on any atom is -0.506 e. The largest absolute Gasteiger partial charge is 0.506 e. The quantitative estimate of drug-likeness (QED) is 0.569. The van der Waals surface area contributed by atoms with Crippen LogP contribution in [0.4, 0.5) is 11.4 Å². The predicted molar refractivity (Wildman–Crippen MR) is 86.2 cm³/mol. The zero-order valence-corrected chi connectivity index (χ0v) is 13.5. The van der Waals surface area contributed by atoms with Gasteiger partial charge in [0, 0.05) is 33.7 Å². The molecule has 2 rings (SSSR count). The molecule has 21 heavy (non-hydrogen) atoms. The van der Waals surface area contributed by atoms with Gasteiger partial charge in [0.25, 0.3) is 5.69 Å². The lowest BCUT2D eigenvalue weighted by atomic mass is 10.2. The predicted octanol–water partition coefficient (Wildman–Crippen LogP) is 4.98. The van der Waals surface area contributed by atoms with E-state index >= 15 is 0 Å². The number of nitro benzene ring substituents is 1. The van der Waals surface area contributed by atoms with E-state index in [4.69, 9.17) is 23.2 Å². The number of nitro groups is 1. The molecule has 0 aliphatic carbocycles. The van der Waals surface area contributed by atoms with Crippen LogP contribution in [0.5, 0.6) is 5.75 Å². The summed E-state index contributed by atoms with van der Waals surface area (Å²) >= 11 is 15.0. The van der Waals surface area contributed by atoms with Crippen molar-refractivity contribution in [1.29, 1.82) is 0 Å². The van der Waals surface area contributed by atoms with Crippen LogP contribution < -0.4 is 5.32 Å². The number of phenolic OH excluding ortho intramolecular Hbond substituents is 1. The van der Waals surface area contributed by atoms with Gasteiger partial charge in [0.15, 0.2) is 0 Å². The summed E-state index contributed by atoms with van der Waals surface area (Å²) in [6.45, 7) is 0.214. The van der Waals surface area contributed by atoms with E-state index < -0.39 is 4.92 Å². The van der Waals surface area contributed by atoms with E-state index in [2.05, 4.69) is 21.2 Å². The summed E-state index contributed by atoms with van der Waals surface area (Å²) in [5, 5.41) is 24.2. The SMILES string of the molecule is O=[N+]([O-])c1ccc(Br)c(NCc2cc(Cl)cc(Cl)c2O)c1. The van der Waals surface area contributed by atoms with Gasteiger partial charge in [-0.2, -0.15) is 0 Å². The van der Waals surface area contributed by atoms with Gasteiger partial charge in [-0.1, -0.05) is 23.2 Å². The number of benzene rings is 2. The number of non-ortho nitro benzene ring substituents is 1. The van der Waals surface area contributed by atoms with Crippen LogP contribution >= 0.6 is 39.1 Å². The van der Waals surface area contributed by atoms with Gasteiger partial charge >= 0.3 is 0 Å². The van der Waals surface area contributed by atoms with Gasteiger partial charge in [0.05, 0.1) is 15.6 Å². The van der Waals surface area contributed by atoms with Crippen LogP contribution in [0, 0.1) is 10.1 Å². The second kappa shape index (κ2) is 6.51. The molecular weight excluding hydrogens is 383 g/mol. The third kappa shape index (κ3) is 3.78. The zero-order valence-electron chi connectivity index (χ0n) is 10.4. The van der Waals surface area contributed by atoms with Crippen molar-refractivity contribution >= 4 is 50.5 Å². The van der Waals surface area contributed by atoms with Crippen molar-refractivity contribution in [2.24, 2.45) is 0 Å². The van der Waals surface area contributed by atoms with E-state index in [0.29, 0.717) is 20.7 Å². The summed E-state index contributed by atoms with van der Waals surface area (Å²) in [4.78, 5) is 10.3. The van der Waals surface area contributed by atoms with Gasteiger partial charge < -0.3 is 10.4 Å². The first-order valence-electron chi connectivity index (χ1n) is 5.73. The number of nitrogens with one attached hydrogen (secondary N) is 1. The molecule has 2 aromatic rings. The van der Waals surface area contributed by atoms with Crippen molar-refractivity contribution in [2.45, 2.75) is 6.54 Å². The minimum absolute atomic E-state index is 0.0333. The highest BCUT2D eigenvalue weighted by atomic mass is 79.9. The lowest BCUT2D eigenvalue weighted by Gasteiger charge is -2.11. The average molecular weight is 392 g/mol. The Hall–Kier alpha value is -1.50. The molecule has 0 saturated heterocycles. The van der Waals surface area contributed by atoms with E-state index in [9.17, 15) is 15.2 Å². The molecule has 0 aliphatic heterocycles. The average Bonchev–Trinajstić information content (AvgIpc) is 2.42. The highest BCUT2D eigenvalue weighted by Crippen LogP contribution is 2.33. The number of nitrogens with zero attached hydrogens (tertiary/aromatic N) is 1. The van der Waals surface area contributed by atoms with Crippen LogP contribution in [-0.2, 0) is 6.54 Å². The van der Waals surface area contributed by atoms with E-state index in [1.54, 1.807) is 12.1 Å². The molecule has 2 N–H and O–H groups in total. The topological polar surface area (TPSA) is 75.4 Å². The number of halogens is 3. The Balaban J connectivity index is 2.24. The molecule has 0 atom stereocenters.